The maximum Gasteiger partial charge on any atom is 0.131 e. The fourth-order valence-electron chi connectivity index (χ4n) is 9.66. The summed E-state index contributed by atoms with van der Waals surface area (Å²) in [6, 6.07) is 24.2. The summed E-state index contributed by atoms with van der Waals surface area (Å²) in [4.78, 5) is 0. The Morgan fingerprint density at radius 2 is 1.00 bits per heavy atom. The molecular formula is C52H68OSi. The molecule has 2 aliphatic carbocycles. The fourth-order valence-corrected chi connectivity index (χ4v) is 14.6. The number of allylic oxidation sites excluding steroid dienone is 2. The normalized spacial score (nSPS) is 17.7. The molecule has 2 unspecified atom stereocenters. The van der Waals surface area contributed by atoms with Gasteiger partial charge in [0, 0.05) is 22.2 Å². The average Bonchev–Trinajstić information content (AvgIpc) is 3.57. The van der Waals surface area contributed by atoms with Crippen molar-refractivity contribution < 1.29 is 4.74 Å². The summed E-state index contributed by atoms with van der Waals surface area (Å²) in [6.07, 6.45) is 5.06. The molecule has 6 rings (SSSR count). The summed E-state index contributed by atoms with van der Waals surface area (Å²) < 4.78 is 6.52. The molecule has 0 aromatic heterocycles. The van der Waals surface area contributed by atoms with Crippen LogP contribution < -0.4 is 4.74 Å². The Hall–Kier alpha value is -3.62. The van der Waals surface area contributed by atoms with E-state index >= 15 is 0 Å². The molecule has 1 nitrogen and oxygen atoms in total. The quantitative estimate of drug-likeness (QED) is 0.185. The van der Waals surface area contributed by atoms with Crippen molar-refractivity contribution in [2.75, 3.05) is 7.11 Å². The van der Waals surface area contributed by atoms with Gasteiger partial charge in [-0.2, -0.15) is 0 Å². The minimum Gasteiger partial charge on any atom is -0.496 e. The van der Waals surface area contributed by atoms with Crippen molar-refractivity contribution in [1.29, 1.82) is 0 Å². The molecule has 0 radical (unpaired) electrons. The van der Waals surface area contributed by atoms with Gasteiger partial charge in [0.15, 0.2) is 0 Å². The molecule has 4 aromatic rings. The largest absolute Gasteiger partial charge is 0.496 e. The highest BCUT2D eigenvalue weighted by molar-refractivity contribution is 6.81. The Labute approximate surface area is 330 Å². The van der Waals surface area contributed by atoms with Gasteiger partial charge in [-0.15, -0.1) is 0 Å². The van der Waals surface area contributed by atoms with Gasteiger partial charge in [-0.1, -0.05) is 186 Å². The van der Waals surface area contributed by atoms with Crippen LogP contribution in [0.3, 0.4) is 0 Å². The Morgan fingerprint density at radius 1 is 0.519 bits per heavy atom. The zero-order valence-electron chi connectivity index (χ0n) is 37.0. The molecule has 0 heterocycles. The van der Waals surface area contributed by atoms with Crippen molar-refractivity contribution in [3.05, 3.63) is 122 Å². The maximum absolute atomic E-state index is 6.52. The third kappa shape index (κ3) is 7.02. The van der Waals surface area contributed by atoms with Crippen LogP contribution >= 0.6 is 0 Å². The number of ether oxygens (including phenoxy) is 1. The highest BCUT2D eigenvalue weighted by Gasteiger charge is 2.48. The highest BCUT2D eigenvalue weighted by atomic mass is 28.3. The second kappa shape index (κ2) is 13.3. The van der Waals surface area contributed by atoms with Crippen LogP contribution in [0.5, 0.6) is 5.75 Å². The van der Waals surface area contributed by atoms with E-state index in [4.69, 9.17) is 4.74 Å². The molecule has 0 fully saturated rings. The van der Waals surface area contributed by atoms with E-state index < -0.39 is 8.07 Å². The van der Waals surface area contributed by atoms with Crippen LogP contribution in [0.4, 0.5) is 0 Å². The predicted molar refractivity (Wildman–Crippen MR) is 240 cm³/mol. The first kappa shape index (κ1) is 40.1. The molecule has 4 aromatic carbocycles. The molecule has 0 aliphatic heterocycles. The van der Waals surface area contributed by atoms with E-state index in [9.17, 15) is 0 Å². The molecule has 0 spiro atoms. The van der Waals surface area contributed by atoms with Gasteiger partial charge in [0.25, 0.3) is 0 Å². The third-order valence-electron chi connectivity index (χ3n) is 12.5. The first-order chi connectivity index (χ1) is 24.7. The van der Waals surface area contributed by atoms with E-state index in [2.05, 4.69) is 190 Å². The first-order valence-electron chi connectivity index (χ1n) is 20.3. The van der Waals surface area contributed by atoms with Crippen LogP contribution in [0.15, 0.2) is 71.8 Å². The van der Waals surface area contributed by atoms with Gasteiger partial charge in [0.05, 0.1) is 15.2 Å². The molecular weight excluding hydrogens is 669 g/mol. The van der Waals surface area contributed by atoms with Crippen molar-refractivity contribution in [2.45, 2.75) is 150 Å². The van der Waals surface area contributed by atoms with E-state index in [-0.39, 0.29) is 21.7 Å². The van der Waals surface area contributed by atoms with Crippen molar-refractivity contribution in [2.24, 2.45) is 0 Å². The van der Waals surface area contributed by atoms with Crippen LogP contribution in [-0.2, 0) is 21.7 Å². The minimum absolute atomic E-state index is 0.0165. The zero-order valence-corrected chi connectivity index (χ0v) is 38.0. The van der Waals surface area contributed by atoms with Crippen LogP contribution in [0, 0.1) is 6.92 Å². The lowest BCUT2D eigenvalue weighted by atomic mass is 9.77. The van der Waals surface area contributed by atoms with Crippen LogP contribution in [0.1, 0.15) is 158 Å². The minimum atomic E-state index is -2.14. The van der Waals surface area contributed by atoms with Gasteiger partial charge in [-0.25, -0.2) is 0 Å². The molecule has 2 atom stereocenters. The maximum atomic E-state index is 6.52. The Morgan fingerprint density at radius 3 is 1.46 bits per heavy atom. The lowest BCUT2D eigenvalue weighted by Gasteiger charge is -2.40. The molecule has 2 heteroatoms. The molecule has 54 heavy (non-hydrogen) atoms. The first-order valence-corrected chi connectivity index (χ1v) is 23.4. The SMILES string of the molecule is COc1c(C(C)(C)C)cc2c(c1-c1cc(C(C)(C)C)cc(C(C)(C)C)c1)C=C(C)C2[Si](C)(C)C1C(C)=Cc2c(-c3ccc(C(C)(C)C)cc3)cc(C)cc21. The van der Waals surface area contributed by atoms with E-state index in [1.165, 1.54) is 83.5 Å². The van der Waals surface area contributed by atoms with Gasteiger partial charge in [-0.05, 0) is 98.1 Å². The average molecular weight is 737 g/mol. The van der Waals surface area contributed by atoms with Crippen molar-refractivity contribution in [3.8, 4) is 28.0 Å². The van der Waals surface area contributed by atoms with Gasteiger partial charge in [-0.3, -0.25) is 0 Å². The summed E-state index contributed by atoms with van der Waals surface area (Å²) in [6.45, 7) is 40.4. The van der Waals surface area contributed by atoms with Gasteiger partial charge in [0.1, 0.15) is 5.75 Å². The fraction of sp³-hybridized carbons (Fsp3) is 0.462. The van der Waals surface area contributed by atoms with E-state index in [0.717, 1.165) is 5.75 Å². The molecule has 286 valence electrons. The lowest BCUT2D eigenvalue weighted by Crippen LogP contribution is -2.42. The number of fused-ring (bicyclic) bond motifs is 2. The number of methoxy groups -OCH3 is 1. The molecule has 2 aliphatic rings. The van der Waals surface area contributed by atoms with E-state index in [0.29, 0.717) is 11.1 Å². The van der Waals surface area contributed by atoms with Gasteiger partial charge in [0.2, 0.25) is 0 Å². The Kier molecular flexibility index (Phi) is 9.83. The third-order valence-corrected chi connectivity index (χ3v) is 17.0. The van der Waals surface area contributed by atoms with Gasteiger partial charge >= 0.3 is 0 Å². The second-order valence-electron chi connectivity index (χ2n) is 21.5. The number of hydrogen-bond acceptors (Lipinski definition) is 1. The van der Waals surface area contributed by atoms with E-state index in [1.54, 1.807) is 0 Å². The number of rotatable bonds is 5. The Bertz CT molecular complexity index is 2140. The van der Waals surface area contributed by atoms with Crippen LogP contribution in [0.25, 0.3) is 34.4 Å². The van der Waals surface area contributed by atoms with Crippen molar-refractivity contribution >= 4 is 20.2 Å². The van der Waals surface area contributed by atoms with Crippen LogP contribution in [-0.4, -0.2) is 15.2 Å². The lowest BCUT2D eigenvalue weighted by molar-refractivity contribution is 0.399. The summed E-state index contributed by atoms with van der Waals surface area (Å²) >= 11 is 0. The molecule has 0 N–H and O–H groups in total. The van der Waals surface area contributed by atoms with Gasteiger partial charge < -0.3 is 4.74 Å². The zero-order chi connectivity index (χ0) is 40.1. The topological polar surface area (TPSA) is 9.23 Å². The molecule has 0 saturated carbocycles. The Balaban J connectivity index is 1.57. The number of benzene rings is 4. The summed E-state index contributed by atoms with van der Waals surface area (Å²) in [5.74, 6) is 1.02. The van der Waals surface area contributed by atoms with Crippen molar-refractivity contribution in [1.82, 2.24) is 0 Å². The molecule has 0 bridgehead atoms. The summed E-state index contributed by atoms with van der Waals surface area (Å²) in [5, 5.41) is 0. The van der Waals surface area contributed by atoms with Crippen LogP contribution in [0.2, 0.25) is 13.1 Å². The number of hydrogen-bond donors (Lipinski definition) is 0. The second-order valence-corrected chi connectivity index (χ2v) is 26.3. The standard InChI is InChI=1S/C52H68OSi/c1-31-23-39(34-19-21-36(22-20-34)49(4,5)6)40-25-32(2)47(42(40)24-31)54(17,18)48-33(3)26-41-43(48)30-44(52(13,14)15)46(53-16)45(41)35-27-37(50(7,8)9)29-38(28-35)51(10,11)12/h19-30,47-48H,1-18H3. The monoisotopic (exact) mass is 737 g/mol. The summed E-state index contributed by atoms with van der Waals surface area (Å²) in [7, 11) is -0.263. The van der Waals surface area contributed by atoms with E-state index in [1.807, 2.05) is 7.11 Å². The number of aryl methyl sites for hydroxylation is 1. The summed E-state index contributed by atoms with van der Waals surface area (Å²) in [5.41, 5.74) is 21.6. The molecule has 0 saturated heterocycles. The highest BCUT2D eigenvalue weighted by Crippen LogP contribution is 2.57. The van der Waals surface area contributed by atoms with Crippen molar-refractivity contribution in [3.63, 3.8) is 0 Å². The molecule has 0 amide bonds. The smallest absolute Gasteiger partial charge is 0.131 e. The predicted octanol–water partition coefficient (Wildman–Crippen LogP) is 15.0.